The van der Waals surface area contributed by atoms with Gasteiger partial charge in [-0.25, -0.2) is 9.97 Å². The Hall–Kier alpha value is -2.22. The minimum Gasteiger partial charge on any atom is -0.390 e. The van der Waals surface area contributed by atoms with Crippen molar-refractivity contribution in [2.24, 2.45) is 17.8 Å². The standard InChI is InChI=1S/C25H35N5O3/c1-30(18-8-20(31)26-12-18)24-27-13-19(22(29-24)15-4-2-3-5-15)23(32)28-21-16-6-14-7-17(21)11-25(33,9-14)10-16/h13-18,21,33H,2-12H2,1H3,(H,26,31)(H,28,32)/t14?,16?,17?,18-,21?,25?/m1/s1. The van der Waals surface area contributed by atoms with Crippen LogP contribution < -0.4 is 15.5 Å². The van der Waals surface area contributed by atoms with Crippen molar-refractivity contribution < 1.29 is 14.7 Å². The van der Waals surface area contributed by atoms with Gasteiger partial charge in [-0.1, -0.05) is 12.8 Å². The Morgan fingerprint density at radius 3 is 2.58 bits per heavy atom. The van der Waals surface area contributed by atoms with Crippen LogP contribution in [-0.4, -0.2) is 58.2 Å². The third kappa shape index (κ3) is 3.80. The van der Waals surface area contributed by atoms with Crippen LogP contribution in [0, 0.1) is 17.8 Å². The lowest BCUT2D eigenvalue weighted by atomic mass is 9.52. The number of amides is 2. The number of anilines is 1. The summed E-state index contributed by atoms with van der Waals surface area (Å²) in [7, 11) is 1.93. The molecule has 5 saturated carbocycles. The molecule has 3 N–H and O–H groups in total. The van der Waals surface area contributed by atoms with Crippen LogP contribution in [0.5, 0.6) is 0 Å². The van der Waals surface area contributed by atoms with Crippen molar-refractivity contribution in [3.05, 3.63) is 17.5 Å². The molecule has 178 valence electrons. The average molecular weight is 454 g/mol. The SMILES string of the molecule is CN(c1ncc(C(=O)NC2C3CC4CC2CC(O)(C4)C3)c(C2CCCC2)n1)[C@H]1CNC(=O)C1. The van der Waals surface area contributed by atoms with Crippen LogP contribution in [0.15, 0.2) is 6.20 Å². The Balaban J connectivity index is 1.25. The topological polar surface area (TPSA) is 107 Å². The molecule has 2 heterocycles. The van der Waals surface area contributed by atoms with E-state index in [1.807, 2.05) is 11.9 Å². The fraction of sp³-hybridized carbons (Fsp3) is 0.760. The predicted molar refractivity (Wildman–Crippen MR) is 123 cm³/mol. The molecule has 5 aliphatic carbocycles. The minimum absolute atomic E-state index is 0.0347. The number of nitrogens with one attached hydrogen (secondary N) is 2. The van der Waals surface area contributed by atoms with Gasteiger partial charge in [0.15, 0.2) is 0 Å². The number of carbonyl (C=O) groups excluding carboxylic acids is 2. The molecule has 8 nitrogen and oxygen atoms in total. The van der Waals surface area contributed by atoms with Crippen LogP contribution in [0.1, 0.15) is 86.2 Å². The molecule has 7 rings (SSSR count). The summed E-state index contributed by atoms with van der Waals surface area (Å²) in [4.78, 5) is 36.7. The summed E-state index contributed by atoms with van der Waals surface area (Å²) in [5, 5.41) is 17.1. The highest BCUT2D eigenvalue weighted by molar-refractivity contribution is 5.95. The second-order valence-electron chi connectivity index (χ2n) is 11.4. The first-order valence-corrected chi connectivity index (χ1v) is 12.8. The van der Waals surface area contributed by atoms with E-state index >= 15 is 0 Å². The van der Waals surface area contributed by atoms with E-state index in [0.717, 1.165) is 63.5 Å². The second kappa shape index (κ2) is 7.93. The summed E-state index contributed by atoms with van der Waals surface area (Å²) in [5.41, 5.74) is 0.965. The number of likely N-dealkylation sites (N-methyl/N-ethyl adjacent to an activating group) is 1. The lowest BCUT2D eigenvalue weighted by Crippen LogP contribution is -2.61. The predicted octanol–water partition coefficient (Wildman–Crippen LogP) is 2.13. The van der Waals surface area contributed by atoms with Gasteiger partial charge in [-0.2, -0.15) is 0 Å². The Bertz CT molecular complexity index is 945. The molecule has 6 fully saturated rings. The fourth-order valence-electron chi connectivity index (χ4n) is 7.71. The quantitative estimate of drug-likeness (QED) is 0.631. The Morgan fingerprint density at radius 1 is 1.21 bits per heavy atom. The monoisotopic (exact) mass is 453 g/mol. The van der Waals surface area contributed by atoms with E-state index in [1.54, 1.807) is 6.20 Å². The molecule has 2 unspecified atom stereocenters. The summed E-state index contributed by atoms with van der Waals surface area (Å²) in [5.74, 6) is 2.23. The number of aliphatic hydroxyl groups is 1. The molecule has 1 aromatic rings. The number of aromatic nitrogens is 2. The van der Waals surface area contributed by atoms with Gasteiger partial charge in [0.1, 0.15) is 0 Å². The van der Waals surface area contributed by atoms with Crippen LogP contribution >= 0.6 is 0 Å². The normalized spacial score (nSPS) is 37.4. The van der Waals surface area contributed by atoms with Gasteiger partial charge in [-0.3, -0.25) is 9.59 Å². The first-order chi connectivity index (χ1) is 15.9. The van der Waals surface area contributed by atoms with Crippen LogP contribution in [0.25, 0.3) is 0 Å². The number of rotatable bonds is 5. The van der Waals surface area contributed by atoms with E-state index in [2.05, 4.69) is 15.6 Å². The third-order valence-electron chi connectivity index (χ3n) is 9.15. The molecule has 0 aromatic carbocycles. The van der Waals surface area contributed by atoms with Crippen LogP contribution in [0.3, 0.4) is 0 Å². The average Bonchev–Trinajstić information content (AvgIpc) is 3.46. The molecule has 2 amide bonds. The van der Waals surface area contributed by atoms with Crippen LogP contribution in [-0.2, 0) is 4.79 Å². The number of hydrogen-bond acceptors (Lipinski definition) is 6. The van der Waals surface area contributed by atoms with Gasteiger partial charge >= 0.3 is 0 Å². The molecule has 6 aliphatic rings. The van der Waals surface area contributed by atoms with E-state index < -0.39 is 5.60 Å². The maximum atomic E-state index is 13.6. The van der Waals surface area contributed by atoms with Gasteiger partial charge in [0.25, 0.3) is 5.91 Å². The van der Waals surface area contributed by atoms with Crippen molar-refractivity contribution in [3.8, 4) is 0 Å². The molecule has 3 atom stereocenters. The van der Waals surface area contributed by atoms with Gasteiger partial charge in [-0.15, -0.1) is 0 Å². The number of hydrogen-bond donors (Lipinski definition) is 3. The molecule has 1 aromatic heterocycles. The van der Waals surface area contributed by atoms with Gasteiger partial charge in [-0.05, 0) is 62.7 Å². The number of nitrogens with zero attached hydrogens (tertiary/aromatic N) is 3. The molecule has 1 saturated heterocycles. The van der Waals surface area contributed by atoms with Gasteiger partial charge < -0.3 is 20.6 Å². The van der Waals surface area contributed by atoms with Crippen molar-refractivity contribution in [2.45, 2.75) is 87.8 Å². The molecule has 8 heteroatoms. The highest BCUT2D eigenvalue weighted by Crippen LogP contribution is 2.55. The molecular weight excluding hydrogens is 418 g/mol. The highest BCUT2D eigenvalue weighted by atomic mass is 16.3. The van der Waals surface area contributed by atoms with E-state index in [-0.39, 0.29) is 29.8 Å². The minimum atomic E-state index is -0.501. The first kappa shape index (κ1) is 21.3. The summed E-state index contributed by atoms with van der Waals surface area (Å²) in [6.45, 7) is 0.595. The van der Waals surface area contributed by atoms with Crippen molar-refractivity contribution in [1.82, 2.24) is 20.6 Å². The van der Waals surface area contributed by atoms with Gasteiger partial charge in [0.2, 0.25) is 11.9 Å². The zero-order valence-corrected chi connectivity index (χ0v) is 19.4. The summed E-state index contributed by atoms with van der Waals surface area (Å²) < 4.78 is 0. The molecule has 0 radical (unpaired) electrons. The summed E-state index contributed by atoms with van der Waals surface area (Å²) in [6, 6.07) is 0.177. The fourth-order valence-corrected chi connectivity index (χ4v) is 7.71. The maximum absolute atomic E-state index is 13.6. The van der Waals surface area contributed by atoms with E-state index in [0.29, 0.717) is 42.2 Å². The van der Waals surface area contributed by atoms with Crippen LogP contribution in [0.4, 0.5) is 5.95 Å². The smallest absolute Gasteiger partial charge is 0.254 e. The Kier molecular flexibility index (Phi) is 5.12. The Labute approximate surface area is 194 Å². The lowest BCUT2D eigenvalue weighted by molar-refractivity contribution is -0.137. The van der Waals surface area contributed by atoms with E-state index in [9.17, 15) is 14.7 Å². The molecule has 33 heavy (non-hydrogen) atoms. The first-order valence-electron chi connectivity index (χ1n) is 12.8. The maximum Gasteiger partial charge on any atom is 0.254 e. The molecule has 1 aliphatic heterocycles. The number of carbonyl (C=O) groups is 2. The largest absolute Gasteiger partial charge is 0.390 e. The van der Waals surface area contributed by atoms with E-state index in [1.165, 1.54) is 0 Å². The van der Waals surface area contributed by atoms with Crippen molar-refractivity contribution in [2.75, 3.05) is 18.5 Å². The summed E-state index contributed by atoms with van der Waals surface area (Å²) >= 11 is 0. The molecule has 4 bridgehead atoms. The third-order valence-corrected chi connectivity index (χ3v) is 9.15. The van der Waals surface area contributed by atoms with Crippen molar-refractivity contribution in [3.63, 3.8) is 0 Å². The van der Waals surface area contributed by atoms with Crippen LogP contribution in [0.2, 0.25) is 0 Å². The lowest BCUT2D eigenvalue weighted by Gasteiger charge is -2.58. The summed E-state index contributed by atoms with van der Waals surface area (Å²) in [6.07, 6.45) is 11.4. The highest BCUT2D eigenvalue weighted by Gasteiger charge is 2.55. The zero-order chi connectivity index (χ0) is 22.7. The zero-order valence-electron chi connectivity index (χ0n) is 19.4. The molecular formula is C25H35N5O3. The second-order valence-corrected chi connectivity index (χ2v) is 11.4. The Morgan fingerprint density at radius 2 is 1.94 bits per heavy atom. The molecule has 0 spiro atoms. The van der Waals surface area contributed by atoms with Crippen molar-refractivity contribution >= 4 is 17.8 Å². The van der Waals surface area contributed by atoms with Crippen molar-refractivity contribution in [1.29, 1.82) is 0 Å². The van der Waals surface area contributed by atoms with Gasteiger partial charge in [0.05, 0.1) is 22.9 Å². The van der Waals surface area contributed by atoms with Gasteiger partial charge in [0, 0.05) is 38.2 Å². The van der Waals surface area contributed by atoms with E-state index in [4.69, 9.17) is 4.98 Å².